The van der Waals surface area contributed by atoms with Crippen molar-refractivity contribution in [1.29, 1.82) is 0 Å². The summed E-state index contributed by atoms with van der Waals surface area (Å²) in [7, 11) is 0. The first-order valence-electron chi connectivity index (χ1n) is 5.49. The van der Waals surface area contributed by atoms with E-state index in [9.17, 15) is 4.39 Å². The van der Waals surface area contributed by atoms with E-state index in [2.05, 4.69) is 19.2 Å². The van der Waals surface area contributed by atoms with Gasteiger partial charge in [-0.15, -0.1) is 0 Å². The molecule has 0 aromatic heterocycles. The molecule has 1 N–H and O–H groups in total. The van der Waals surface area contributed by atoms with Crippen LogP contribution in [0.2, 0.25) is 0 Å². The Hall–Kier alpha value is -0.890. The summed E-state index contributed by atoms with van der Waals surface area (Å²) in [6.07, 6.45) is 0. The standard InChI is InChI=1S/C13H20FN/c1-10(2)9-15-13(8-14)12-6-4-11(3)5-7-12/h4-7,10,13,15H,8-9H2,1-3H3. The molecule has 0 saturated heterocycles. The fourth-order valence-corrected chi connectivity index (χ4v) is 1.44. The summed E-state index contributed by atoms with van der Waals surface area (Å²) in [6, 6.07) is 7.87. The van der Waals surface area contributed by atoms with Gasteiger partial charge in [-0.25, -0.2) is 4.39 Å². The molecule has 1 unspecified atom stereocenters. The van der Waals surface area contributed by atoms with Crippen LogP contribution in [0.3, 0.4) is 0 Å². The molecule has 1 nitrogen and oxygen atoms in total. The fourth-order valence-electron chi connectivity index (χ4n) is 1.44. The van der Waals surface area contributed by atoms with Crippen LogP contribution in [0, 0.1) is 12.8 Å². The van der Waals surface area contributed by atoms with Crippen LogP contribution in [0.4, 0.5) is 4.39 Å². The number of benzene rings is 1. The van der Waals surface area contributed by atoms with Crippen LogP contribution in [0.25, 0.3) is 0 Å². The Labute approximate surface area is 91.7 Å². The summed E-state index contributed by atoms with van der Waals surface area (Å²) in [4.78, 5) is 0. The molecule has 0 aliphatic heterocycles. The van der Waals surface area contributed by atoms with Gasteiger partial charge in [0.25, 0.3) is 0 Å². The van der Waals surface area contributed by atoms with E-state index in [0.717, 1.165) is 12.1 Å². The number of alkyl halides is 1. The Morgan fingerprint density at radius 2 is 1.80 bits per heavy atom. The van der Waals surface area contributed by atoms with Crippen molar-refractivity contribution in [3.05, 3.63) is 35.4 Å². The zero-order chi connectivity index (χ0) is 11.3. The van der Waals surface area contributed by atoms with E-state index in [1.54, 1.807) is 0 Å². The maximum Gasteiger partial charge on any atom is 0.109 e. The van der Waals surface area contributed by atoms with Crippen LogP contribution in [0.5, 0.6) is 0 Å². The number of halogens is 1. The lowest BCUT2D eigenvalue weighted by Crippen LogP contribution is -2.26. The lowest BCUT2D eigenvalue weighted by Gasteiger charge is -2.17. The van der Waals surface area contributed by atoms with E-state index >= 15 is 0 Å². The average Bonchev–Trinajstić information content (AvgIpc) is 2.21. The predicted octanol–water partition coefficient (Wildman–Crippen LogP) is 3.25. The molecule has 0 heterocycles. The largest absolute Gasteiger partial charge is 0.308 e. The van der Waals surface area contributed by atoms with Gasteiger partial charge in [0, 0.05) is 0 Å². The van der Waals surface area contributed by atoms with Crippen molar-refractivity contribution in [2.75, 3.05) is 13.2 Å². The van der Waals surface area contributed by atoms with Crippen LogP contribution >= 0.6 is 0 Å². The first-order valence-corrected chi connectivity index (χ1v) is 5.49. The van der Waals surface area contributed by atoms with Crippen molar-refractivity contribution in [3.8, 4) is 0 Å². The van der Waals surface area contributed by atoms with Crippen molar-refractivity contribution in [2.45, 2.75) is 26.8 Å². The van der Waals surface area contributed by atoms with Crippen molar-refractivity contribution in [3.63, 3.8) is 0 Å². The molecule has 1 atom stereocenters. The molecule has 2 heteroatoms. The molecule has 0 fully saturated rings. The van der Waals surface area contributed by atoms with Gasteiger partial charge in [0.15, 0.2) is 0 Å². The summed E-state index contributed by atoms with van der Waals surface area (Å²) in [6.45, 7) is 6.78. The van der Waals surface area contributed by atoms with E-state index in [1.807, 2.05) is 31.2 Å². The fraction of sp³-hybridized carbons (Fsp3) is 0.538. The molecule has 0 amide bonds. The molecule has 0 aliphatic carbocycles. The molecule has 1 rings (SSSR count). The lowest BCUT2D eigenvalue weighted by molar-refractivity contribution is 0.367. The van der Waals surface area contributed by atoms with E-state index in [1.165, 1.54) is 5.56 Å². The average molecular weight is 209 g/mol. The second-order valence-corrected chi connectivity index (χ2v) is 4.42. The highest BCUT2D eigenvalue weighted by molar-refractivity contribution is 5.24. The van der Waals surface area contributed by atoms with Crippen LogP contribution in [0.15, 0.2) is 24.3 Å². The zero-order valence-electron chi connectivity index (χ0n) is 9.76. The van der Waals surface area contributed by atoms with Crippen LogP contribution < -0.4 is 5.32 Å². The number of aryl methyl sites for hydroxylation is 1. The summed E-state index contributed by atoms with van der Waals surface area (Å²) in [5.74, 6) is 0.546. The Kier molecular flexibility index (Phi) is 4.76. The van der Waals surface area contributed by atoms with Gasteiger partial charge >= 0.3 is 0 Å². The van der Waals surface area contributed by atoms with E-state index < -0.39 is 0 Å². The van der Waals surface area contributed by atoms with Crippen LogP contribution in [-0.4, -0.2) is 13.2 Å². The Bertz CT molecular complexity index is 279. The summed E-state index contributed by atoms with van der Waals surface area (Å²) < 4.78 is 12.8. The van der Waals surface area contributed by atoms with E-state index in [0.29, 0.717) is 5.92 Å². The van der Waals surface area contributed by atoms with Crippen LogP contribution in [-0.2, 0) is 0 Å². The Balaban J connectivity index is 2.61. The van der Waals surface area contributed by atoms with Crippen molar-refractivity contribution in [2.24, 2.45) is 5.92 Å². The molecule has 0 bridgehead atoms. The third-order valence-electron chi connectivity index (χ3n) is 2.41. The second kappa shape index (κ2) is 5.86. The Morgan fingerprint density at radius 3 is 2.27 bits per heavy atom. The van der Waals surface area contributed by atoms with Gasteiger partial charge in [-0.05, 0) is 24.9 Å². The minimum Gasteiger partial charge on any atom is -0.308 e. The molecular formula is C13H20FN. The van der Waals surface area contributed by atoms with Gasteiger partial charge in [-0.3, -0.25) is 0 Å². The molecule has 0 radical (unpaired) electrons. The highest BCUT2D eigenvalue weighted by Crippen LogP contribution is 2.14. The summed E-state index contributed by atoms with van der Waals surface area (Å²) in [5.41, 5.74) is 2.24. The third-order valence-corrected chi connectivity index (χ3v) is 2.41. The minimum absolute atomic E-state index is 0.159. The Morgan fingerprint density at radius 1 is 1.20 bits per heavy atom. The van der Waals surface area contributed by atoms with Gasteiger partial charge < -0.3 is 5.32 Å². The monoisotopic (exact) mass is 209 g/mol. The van der Waals surface area contributed by atoms with Gasteiger partial charge in [0.05, 0.1) is 6.04 Å². The maximum atomic E-state index is 12.8. The minimum atomic E-state index is -0.351. The van der Waals surface area contributed by atoms with Gasteiger partial charge in [-0.2, -0.15) is 0 Å². The van der Waals surface area contributed by atoms with Crippen molar-refractivity contribution < 1.29 is 4.39 Å². The number of hydrogen-bond donors (Lipinski definition) is 1. The third kappa shape index (κ3) is 4.00. The van der Waals surface area contributed by atoms with Gasteiger partial charge in [0.1, 0.15) is 6.67 Å². The smallest absolute Gasteiger partial charge is 0.109 e. The van der Waals surface area contributed by atoms with Crippen LogP contribution in [0.1, 0.15) is 31.0 Å². The number of rotatable bonds is 5. The maximum absolute atomic E-state index is 12.8. The highest BCUT2D eigenvalue weighted by atomic mass is 19.1. The molecule has 0 saturated carbocycles. The van der Waals surface area contributed by atoms with E-state index in [4.69, 9.17) is 0 Å². The first kappa shape index (κ1) is 12.2. The SMILES string of the molecule is Cc1ccc(C(CF)NCC(C)C)cc1. The zero-order valence-corrected chi connectivity index (χ0v) is 9.76. The first-order chi connectivity index (χ1) is 7.13. The predicted molar refractivity (Wildman–Crippen MR) is 62.7 cm³/mol. The summed E-state index contributed by atoms with van der Waals surface area (Å²) >= 11 is 0. The number of hydrogen-bond acceptors (Lipinski definition) is 1. The quantitative estimate of drug-likeness (QED) is 0.785. The normalized spacial score (nSPS) is 13.1. The molecular weight excluding hydrogens is 189 g/mol. The molecule has 0 aliphatic rings. The molecule has 1 aromatic rings. The van der Waals surface area contributed by atoms with Crippen molar-refractivity contribution in [1.82, 2.24) is 5.32 Å². The molecule has 0 spiro atoms. The molecule has 15 heavy (non-hydrogen) atoms. The topological polar surface area (TPSA) is 12.0 Å². The van der Waals surface area contributed by atoms with Gasteiger partial charge in [0.2, 0.25) is 0 Å². The highest BCUT2D eigenvalue weighted by Gasteiger charge is 2.10. The molecule has 1 aromatic carbocycles. The van der Waals surface area contributed by atoms with Gasteiger partial charge in [-0.1, -0.05) is 43.7 Å². The second-order valence-electron chi connectivity index (χ2n) is 4.42. The van der Waals surface area contributed by atoms with E-state index in [-0.39, 0.29) is 12.7 Å². The number of nitrogens with one attached hydrogen (secondary N) is 1. The van der Waals surface area contributed by atoms with Crippen molar-refractivity contribution >= 4 is 0 Å². The summed E-state index contributed by atoms with van der Waals surface area (Å²) in [5, 5.41) is 3.23. The lowest BCUT2D eigenvalue weighted by atomic mass is 10.1. The molecule has 84 valence electrons.